The first-order valence-electron chi connectivity index (χ1n) is 5.33. The van der Waals surface area contributed by atoms with Crippen molar-refractivity contribution in [2.45, 2.75) is 6.92 Å². The van der Waals surface area contributed by atoms with Gasteiger partial charge in [0.15, 0.2) is 0 Å². The number of carbonyl (C=O) groups is 1. The molecule has 2 aromatic heterocycles. The average Bonchev–Trinajstić information content (AvgIpc) is 2.75. The molecule has 0 atom stereocenters. The fourth-order valence-corrected chi connectivity index (χ4v) is 1.38. The fourth-order valence-electron chi connectivity index (χ4n) is 1.38. The maximum absolute atomic E-state index is 11.7. The van der Waals surface area contributed by atoms with E-state index in [1.807, 2.05) is 20.0 Å². The van der Waals surface area contributed by atoms with Crippen LogP contribution in [0.2, 0.25) is 0 Å². The first kappa shape index (κ1) is 17.6. The van der Waals surface area contributed by atoms with Crippen LogP contribution in [0.25, 0.3) is 5.78 Å². The Hall–Kier alpha value is -1.44. The number of likely N-dealkylation sites (N-methyl/N-ethyl adjacent to an activating group) is 1. The molecule has 0 saturated carbocycles. The van der Waals surface area contributed by atoms with E-state index >= 15 is 0 Å². The molecule has 0 aliphatic rings. The van der Waals surface area contributed by atoms with Gasteiger partial charge in [-0.3, -0.25) is 4.79 Å². The number of nitrogens with one attached hydrogen (secondary N) is 2. The van der Waals surface area contributed by atoms with E-state index in [1.165, 1.54) is 0 Å². The maximum Gasteiger partial charge on any atom is 0.291 e. The zero-order chi connectivity index (χ0) is 12.3. The van der Waals surface area contributed by atoms with Gasteiger partial charge in [-0.1, -0.05) is 0 Å². The minimum absolute atomic E-state index is 0. The molecule has 2 N–H and O–H groups in total. The number of aromatic nitrogens is 4. The van der Waals surface area contributed by atoms with Crippen LogP contribution >= 0.6 is 24.8 Å². The molecule has 0 bridgehead atoms. The van der Waals surface area contributed by atoms with Gasteiger partial charge in [-0.2, -0.15) is 4.98 Å². The van der Waals surface area contributed by atoms with Crippen LogP contribution in [0, 0.1) is 6.92 Å². The van der Waals surface area contributed by atoms with Crippen molar-refractivity contribution in [2.24, 2.45) is 0 Å². The highest BCUT2D eigenvalue weighted by Crippen LogP contribution is 2.01. The van der Waals surface area contributed by atoms with Gasteiger partial charge in [0.05, 0.1) is 0 Å². The van der Waals surface area contributed by atoms with Crippen LogP contribution < -0.4 is 10.6 Å². The maximum atomic E-state index is 11.7. The van der Waals surface area contributed by atoms with E-state index in [0.717, 1.165) is 5.69 Å². The molecule has 7 nitrogen and oxygen atoms in total. The topological polar surface area (TPSA) is 84.2 Å². The van der Waals surface area contributed by atoms with E-state index in [4.69, 9.17) is 0 Å². The Kier molecular flexibility index (Phi) is 7.28. The van der Waals surface area contributed by atoms with Crippen molar-refractivity contribution in [3.63, 3.8) is 0 Å². The number of hydrogen-bond acceptors (Lipinski definition) is 5. The van der Waals surface area contributed by atoms with E-state index in [0.29, 0.717) is 18.9 Å². The van der Waals surface area contributed by atoms with Crippen LogP contribution in [0.1, 0.15) is 16.3 Å². The predicted octanol–water partition coefficient (Wildman–Crippen LogP) is 0.226. The largest absolute Gasteiger partial charge is 0.348 e. The molecule has 2 aromatic rings. The fraction of sp³-hybridized carbons (Fsp3) is 0.400. The summed E-state index contributed by atoms with van der Waals surface area (Å²) in [6.45, 7) is 3.12. The van der Waals surface area contributed by atoms with Gasteiger partial charge < -0.3 is 10.6 Å². The summed E-state index contributed by atoms with van der Waals surface area (Å²) in [6.07, 6.45) is 1.64. The highest BCUT2D eigenvalue weighted by Gasteiger charge is 2.13. The molecule has 0 spiro atoms. The van der Waals surface area contributed by atoms with E-state index in [-0.39, 0.29) is 36.5 Å². The van der Waals surface area contributed by atoms with Crippen molar-refractivity contribution < 1.29 is 4.79 Å². The second kappa shape index (κ2) is 7.88. The third-order valence-corrected chi connectivity index (χ3v) is 2.29. The van der Waals surface area contributed by atoms with E-state index in [1.54, 1.807) is 10.7 Å². The number of hydrogen-bond donors (Lipinski definition) is 2. The Labute approximate surface area is 123 Å². The summed E-state index contributed by atoms with van der Waals surface area (Å²) >= 11 is 0. The van der Waals surface area contributed by atoms with Gasteiger partial charge in [0.1, 0.15) is 0 Å². The van der Waals surface area contributed by atoms with Crippen molar-refractivity contribution in [1.29, 1.82) is 0 Å². The molecule has 0 unspecified atom stereocenters. The third-order valence-electron chi connectivity index (χ3n) is 2.29. The highest BCUT2D eigenvalue weighted by molar-refractivity contribution is 5.90. The lowest BCUT2D eigenvalue weighted by atomic mass is 10.5. The molecule has 106 valence electrons. The minimum atomic E-state index is -0.287. The van der Waals surface area contributed by atoms with Gasteiger partial charge in [0.2, 0.25) is 5.82 Å². The van der Waals surface area contributed by atoms with E-state index in [9.17, 15) is 4.79 Å². The molecule has 1 amide bonds. The lowest BCUT2D eigenvalue weighted by molar-refractivity contribution is 0.0944. The van der Waals surface area contributed by atoms with Gasteiger partial charge >= 0.3 is 0 Å². The van der Waals surface area contributed by atoms with Crippen LogP contribution in [0.5, 0.6) is 0 Å². The lowest BCUT2D eigenvalue weighted by Crippen LogP contribution is -2.31. The number of rotatable bonds is 4. The third kappa shape index (κ3) is 4.02. The number of halogens is 2. The molecule has 2 heterocycles. The number of fused-ring (bicyclic) bond motifs is 1. The number of nitrogens with zero attached hydrogens (tertiary/aromatic N) is 4. The van der Waals surface area contributed by atoms with Crippen LogP contribution in [0.3, 0.4) is 0 Å². The molecule has 19 heavy (non-hydrogen) atoms. The molecule has 0 aliphatic heterocycles. The van der Waals surface area contributed by atoms with Crippen LogP contribution in [-0.2, 0) is 0 Å². The van der Waals surface area contributed by atoms with Crippen LogP contribution in [-0.4, -0.2) is 45.6 Å². The molecular weight excluding hydrogens is 291 g/mol. The van der Waals surface area contributed by atoms with Gasteiger partial charge in [-0.25, -0.2) is 9.50 Å². The molecule has 0 fully saturated rings. The molecule has 0 radical (unpaired) electrons. The lowest BCUT2D eigenvalue weighted by Gasteiger charge is -2.00. The van der Waals surface area contributed by atoms with Crippen molar-refractivity contribution in [2.75, 3.05) is 20.1 Å². The molecule has 2 rings (SSSR count). The first-order chi connectivity index (χ1) is 8.22. The quantitative estimate of drug-likeness (QED) is 0.790. The number of aryl methyl sites for hydroxylation is 1. The molecular formula is C10H16Cl2N6O. The first-order valence-corrected chi connectivity index (χ1v) is 5.33. The summed E-state index contributed by atoms with van der Waals surface area (Å²) in [6, 6.07) is 1.81. The smallest absolute Gasteiger partial charge is 0.291 e. The van der Waals surface area contributed by atoms with Gasteiger partial charge in [-0.05, 0) is 20.0 Å². The van der Waals surface area contributed by atoms with Crippen molar-refractivity contribution in [3.05, 3.63) is 23.8 Å². The summed E-state index contributed by atoms with van der Waals surface area (Å²) < 4.78 is 1.55. The Bertz CT molecular complexity index is 544. The minimum Gasteiger partial charge on any atom is -0.348 e. The normalized spacial score (nSPS) is 9.58. The second-order valence-corrected chi connectivity index (χ2v) is 3.59. The Morgan fingerprint density at radius 2 is 2.11 bits per heavy atom. The monoisotopic (exact) mass is 306 g/mol. The standard InChI is InChI=1S/C10H14N6O.2ClH/c1-7-3-4-13-10-14-8(15-16(7)10)9(17)12-6-5-11-2;;/h3-4,11H,5-6H2,1-2H3,(H,12,17);2*1H. The van der Waals surface area contributed by atoms with E-state index in [2.05, 4.69) is 25.7 Å². The highest BCUT2D eigenvalue weighted by atomic mass is 35.5. The van der Waals surface area contributed by atoms with E-state index < -0.39 is 0 Å². The zero-order valence-electron chi connectivity index (χ0n) is 10.6. The summed E-state index contributed by atoms with van der Waals surface area (Å²) in [5.41, 5.74) is 0.886. The Morgan fingerprint density at radius 3 is 2.74 bits per heavy atom. The molecule has 9 heteroatoms. The summed E-state index contributed by atoms with van der Waals surface area (Å²) in [7, 11) is 1.82. The Balaban J connectivity index is 0.00000162. The summed E-state index contributed by atoms with van der Waals surface area (Å²) in [5.74, 6) is 0.289. The van der Waals surface area contributed by atoms with Gasteiger partial charge in [0, 0.05) is 25.0 Å². The number of carbonyl (C=O) groups excluding carboxylic acids is 1. The zero-order valence-corrected chi connectivity index (χ0v) is 12.2. The van der Waals surface area contributed by atoms with Gasteiger partial charge in [0.25, 0.3) is 11.7 Å². The summed E-state index contributed by atoms with van der Waals surface area (Å²) in [4.78, 5) is 19.8. The van der Waals surface area contributed by atoms with Gasteiger partial charge in [-0.15, -0.1) is 29.9 Å². The Morgan fingerprint density at radius 1 is 1.37 bits per heavy atom. The SMILES string of the molecule is CNCCNC(=O)c1nc2nccc(C)n2n1.Cl.Cl. The molecule has 0 saturated heterocycles. The molecule has 0 aliphatic carbocycles. The molecule has 0 aromatic carbocycles. The van der Waals surface area contributed by atoms with Crippen LogP contribution in [0.15, 0.2) is 12.3 Å². The van der Waals surface area contributed by atoms with Crippen molar-refractivity contribution in [3.8, 4) is 0 Å². The van der Waals surface area contributed by atoms with Crippen LogP contribution in [0.4, 0.5) is 0 Å². The summed E-state index contributed by atoms with van der Waals surface area (Å²) in [5, 5.41) is 9.75. The number of amides is 1. The van der Waals surface area contributed by atoms with Crippen molar-refractivity contribution >= 4 is 36.5 Å². The second-order valence-electron chi connectivity index (χ2n) is 3.59. The predicted molar refractivity (Wildman–Crippen MR) is 76.3 cm³/mol. The van der Waals surface area contributed by atoms with Crippen molar-refractivity contribution in [1.82, 2.24) is 30.2 Å². The average molecular weight is 307 g/mol.